The Morgan fingerprint density at radius 2 is 1.74 bits per heavy atom. The van der Waals surface area contributed by atoms with Crippen LogP contribution >= 0.6 is 22.6 Å². The fraction of sp³-hybridized carbons (Fsp3) is 0.192. The summed E-state index contributed by atoms with van der Waals surface area (Å²) < 4.78 is 17.6. The molecule has 0 atom stereocenters. The molecule has 0 aliphatic carbocycles. The van der Waals surface area contributed by atoms with E-state index in [1.807, 2.05) is 26.0 Å². The molecule has 0 unspecified atom stereocenters. The van der Waals surface area contributed by atoms with Crippen LogP contribution in [0, 0.1) is 3.57 Å². The first-order valence-electron chi connectivity index (χ1n) is 10.8. The SMILES string of the molecule is CCCOc1ccc(C(=O)Oc2ccc(C=NNC(=O)c3ccccc3I)cc2OCC)cc1. The summed E-state index contributed by atoms with van der Waals surface area (Å²) in [6.45, 7) is 4.87. The van der Waals surface area contributed by atoms with E-state index in [4.69, 9.17) is 14.2 Å². The predicted molar refractivity (Wildman–Crippen MR) is 139 cm³/mol. The van der Waals surface area contributed by atoms with E-state index < -0.39 is 5.97 Å². The number of hydrogen-bond acceptors (Lipinski definition) is 6. The number of carbonyl (C=O) groups excluding carboxylic acids is 2. The second-order valence-corrected chi connectivity index (χ2v) is 8.24. The highest BCUT2D eigenvalue weighted by atomic mass is 127. The summed E-state index contributed by atoms with van der Waals surface area (Å²) in [4.78, 5) is 24.9. The molecule has 0 aliphatic heterocycles. The normalized spacial score (nSPS) is 10.7. The molecule has 0 saturated heterocycles. The maximum atomic E-state index is 12.6. The Kier molecular flexibility index (Phi) is 9.45. The second kappa shape index (κ2) is 12.7. The van der Waals surface area contributed by atoms with E-state index >= 15 is 0 Å². The summed E-state index contributed by atoms with van der Waals surface area (Å²) in [5, 5.41) is 4.02. The largest absolute Gasteiger partial charge is 0.494 e. The zero-order valence-corrected chi connectivity index (χ0v) is 21.1. The quantitative estimate of drug-likeness (QED) is 0.115. The maximum Gasteiger partial charge on any atom is 0.343 e. The molecule has 1 N–H and O–H groups in total. The molecule has 0 fully saturated rings. The lowest BCUT2D eigenvalue weighted by Gasteiger charge is -2.12. The molecule has 0 spiro atoms. The third-order valence-corrected chi connectivity index (χ3v) is 5.47. The molecular formula is C26H25IN2O5. The summed E-state index contributed by atoms with van der Waals surface area (Å²) in [6.07, 6.45) is 2.40. The van der Waals surface area contributed by atoms with Crippen molar-refractivity contribution < 1.29 is 23.8 Å². The van der Waals surface area contributed by atoms with Gasteiger partial charge in [-0.15, -0.1) is 0 Å². The van der Waals surface area contributed by atoms with Crippen molar-refractivity contribution >= 4 is 40.7 Å². The van der Waals surface area contributed by atoms with Crippen LogP contribution in [0.5, 0.6) is 17.2 Å². The summed E-state index contributed by atoms with van der Waals surface area (Å²) in [5.74, 6) is 0.577. The van der Waals surface area contributed by atoms with E-state index in [9.17, 15) is 9.59 Å². The van der Waals surface area contributed by atoms with Gasteiger partial charge in [0.25, 0.3) is 5.91 Å². The van der Waals surface area contributed by atoms with Gasteiger partial charge in [-0.2, -0.15) is 5.10 Å². The van der Waals surface area contributed by atoms with Gasteiger partial charge in [-0.25, -0.2) is 10.2 Å². The summed E-state index contributed by atoms with van der Waals surface area (Å²) in [5.41, 5.74) is 4.13. The van der Waals surface area contributed by atoms with Crippen LogP contribution in [0.3, 0.4) is 0 Å². The zero-order valence-electron chi connectivity index (χ0n) is 18.9. The number of rotatable bonds is 10. The molecule has 0 bridgehead atoms. The highest BCUT2D eigenvalue weighted by Crippen LogP contribution is 2.29. The lowest BCUT2D eigenvalue weighted by molar-refractivity contribution is 0.0728. The predicted octanol–water partition coefficient (Wildman–Crippen LogP) is 5.46. The van der Waals surface area contributed by atoms with Gasteiger partial charge in [0.05, 0.1) is 30.6 Å². The van der Waals surface area contributed by atoms with Gasteiger partial charge in [0.1, 0.15) is 5.75 Å². The van der Waals surface area contributed by atoms with Crippen molar-refractivity contribution in [2.24, 2.45) is 5.10 Å². The van der Waals surface area contributed by atoms with E-state index in [1.165, 1.54) is 6.21 Å². The third kappa shape index (κ3) is 7.05. The van der Waals surface area contributed by atoms with Crippen molar-refractivity contribution in [2.45, 2.75) is 20.3 Å². The molecule has 34 heavy (non-hydrogen) atoms. The van der Waals surface area contributed by atoms with Crippen molar-refractivity contribution in [3.05, 3.63) is 87.0 Å². The van der Waals surface area contributed by atoms with E-state index in [2.05, 4.69) is 33.1 Å². The minimum absolute atomic E-state index is 0.290. The van der Waals surface area contributed by atoms with Crippen LogP contribution in [0.25, 0.3) is 0 Å². The molecule has 0 saturated carbocycles. The highest BCUT2D eigenvalue weighted by molar-refractivity contribution is 14.1. The van der Waals surface area contributed by atoms with Gasteiger partial charge in [-0.1, -0.05) is 19.1 Å². The Bertz CT molecular complexity index is 1160. The first-order valence-corrected chi connectivity index (χ1v) is 11.9. The molecule has 3 aromatic rings. The molecule has 3 rings (SSSR count). The monoisotopic (exact) mass is 572 g/mol. The lowest BCUT2D eigenvalue weighted by atomic mass is 10.2. The van der Waals surface area contributed by atoms with Crippen LogP contribution < -0.4 is 19.6 Å². The van der Waals surface area contributed by atoms with Crippen molar-refractivity contribution in [1.82, 2.24) is 5.43 Å². The molecule has 8 heteroatoms. The van der Waals surface area contributed by atoms with E-state index in [0.717, 1.165) is 9.99 Å². The number of carbonyl (C=O) groups is 2. The molecule has 176 valence electrons. The van der Waals surface area contributed by atoms with Crippen LogP contribution in [-0.4, -0.2) is 31.3 Å². The Balaban J connectivity index is 1.67. The second-order valence-electron chi connectivity index (χ2n) is 7.08. The Morgan fingerprint density at radius 3 is 2.44 bits per heavy atom. The molecule has 7 nitrogen and oxygen atoms in total. The number of benzene rings is 3. The number of esters is 1. The number of nitrogens with zero attached hydrogens (tertiary/aromatic N) is 1. The first kappa shape index (κ1) is 25.2. The summed E-state index contributed by atoms with van der Waals surface area (Å²) in [6, 6.07) is 19.1. The number of halogens is 1. The number of hydrazone groups is 1. The average molecular weight is 572 g/mol. The summed E-state index contributed by atoms with van der Waals surface area (Å²) >= 11 is 2.10. The van der Waals surface area contributed by atoms with Crippen LogP contribution in [0.2, 0.25) is 0 Å². The van der Waals surface area contributed by atoms with Gasteiger partial charge in [-0.05, 0) is 96.1 Å². The van der Waals surface area contributed by atoms with Crippen LogP contribution in [0.4, 0.5) is 0 Å². The minimum atomic E-state index is -0.505. The van der Waals surface area contributed by atoms with Gasteiger partial charge >= 0.3 is 5.97 Å². The average Bonchev–Trinajstić information content (AvgIpc) is 2.85. The molecule has 0 aromatic heterocycles. The van der Waals surface area contributed by atoms with E-state index in [1.54, 1.807) is 54.6 Å². The van der Waals surface area contributed by atoms with Crippen LogP contribution in [-0.2, 0) is 0 Å². The highest BCUT2D eigenvalue weighted by Gasteiger charge is 2.14. The smallest absolute Gasteiger partial charge is 0.343 e. The Morgan fingerprint density at radius 1 is 0.971 bits per heavy atom. The minimum Gasteiger partial charge on any atom is -0.494 e. The molecule has 3 aromatic carbocycles. The molecule has 0 aliphatic rings. The zero-order chi connectivity index (χ0) is 24.3. The number of hydrogen-bond donors (Lipinski definition) is 1. The number of amides is 1. The van der Waals surface area contributed by atoms with Crippen molar-refractivity contribution in [1.29, 1.82) is 0 Å². The van der Waals surface area contributed by atoms with Crippen LogP contribution in [0.15, 0.2) is 71.8 Å². The van der Waals surface area contributed by atoms with Gasteiger partial charge in [0, 0.05) is 3.57 Å². The fourth-order valence-corrected chi connectivity index (χ4v) is 3.53. The number of nitrogens with one attached hydrogen (secondary N) is 1. The van der Waals surface area contributed by atoms with Crippen molar-refractivity contribution in [3.63, 3.8) is 0 Å². The molecule has 0 radical (unpaired) electrons. The standard InChI is InChI=1S/C26H25IN2O5/c1-3-15-33-20-12-10-19(11-13-20)26(31)34-23-14-9-18(16-24(23)32-4-2)17-28-29-25(30)21-7-5-6-8-22(21)27/h5-14,16-17H,3-4,15H2,1-2H3,(H,29,30). The van der Waals surface area contributed by atoms with Crippen molar-refractivity contribution in [3.8, 4) is 17.2 Å². The molecule has 0 heterocycles. The van der Waals surface area contributed by atoms with Crippen molar-refractivity contribution in [2.75, 3.05) is 13.2 Å². The van der Waals surface area contributed by atoms with Gasteiger partial charge in [0.2, 0.25) is 0 Å². The Labute approximate surface area is 212 Å². The number of ether oxygens (including phenoxy) is 3. The fourth-order valence-electron chi connectivity index (χ4n) is 2.89. The van der Waals surface area contributed by atoms with Gasteiger partial charge < -0.3 is 14.2 Å². The first-order chi connectivity index (χ1) is 16.5. The third-order valence-electron chi connectivity index (χ3n) is 4.53. The van der Waals surface area contributed by atoms with Crippen LogP contribution in [0.1, 0.15) is 46.5 Å². The lowest BCUT2D eigenvalue weighted by Crippen LogP contribution is -2.18. The molecular weight excluding hydrogens is 547 g/mol. The topological polar surface area (TPSA) is 86.2 Å². The Hall–Kier alpha value is -3.40. The van der Waals surface area contributed by atoms with E-state index in [-0.39, 0.29) is 11.7 Å². The van der Waals surface area contributed by atoms with Gasteiger partial charge in [-0.3, -0.25) is 4.79 Å². The molecule has 1 amide bonds. The van der Waals surface area contributed by atoms with Gasteiger partial charge in [0.15, 0.2) is 11.5 Å². The maximum absolute atomic E-state index is 12.6. The van der Waals surface area contributed by atoms with E-state index in [0.29, 0.717) is 41.4 Å². The summed E-state index contributed by atoms with van der Waals surface area (Å²) in [7, 11) is 0.